The number of hydrogen-bond donors (Lipinski definition) is 1. The largest absolute Gasteiger partial charge is 0.462 e. The van der Waals surface area contributed by atoms with Gasteiger partial charge in [0, 0.05) is 6.54 Å². The van der Waals surface area contributed by atoms with Crippen LogP contribution in [0.25, 0.3) is 0 Å². The predicted octanol–water partition coefficient (Wildman–Crippen LogP) is 3.48. The molecule has 0 aliphatic heterocycles. The number of carbonyl (C=O) groups is 1. The number of aryl methyl sites for hydroxylation is 1. The molecule has 5 heteroatoms. The van der Waals surface area contributed by atoms with Gasteiger partial charge in [0.05, 0.1) is 12.3 Å². The molecule has 0 atom stereocenters. The normalized spacial score (nSPS) is 10.7. The van der Waals surface area contributed by atoms with Crippen LogP contribution in [0.2, 0.25) is 0 Å². The minimum Gasteiger partial charge on any atom is -0.462 e. The van der Waals surface area contributed by atoms with E-state index in [9.17, 15) is 4.79 Å². The molecule has 0 aliphatic carbocycles. The van der Waals surface area contributed by atoms with Crippen molar-refractivity contribution in [1.82, 2.24) is 4.37 Å². The number of ether oxygens (including phenoxy) is 1. The first-order valence-electron chi connectivity index (χ1n) is 6.51. The topological polar surface area (TPSA) is 51.2 Å². The number of hydrogen-bond acceptors (Lipinski definition) is 5. The van der Waals surface area contributed by atoms with Crippen molar-refractivity contribution in [3.8, 4) is 0 Å². The third-order valence-electron chi connectivity index (χ3n) is 3.05. The summed E-state index contributed by atoms with van der Waals surface area (Å²) in [5.74, 6) is 0.346. The van der Waals surface area contributed by atoms with Crippen molar-refractivity contribution in [3.63, 3.8) is 0 Å². The smallest absolute Gasteiger partial charge is 0.343 e. The van der Waals surface area contributed by atoms with Crippen LogP contribution in [0.1, 0.15) is 49.7 Å². The Hall–Kier alpha value is -1.10. The molecule has 1 heterocycles. The molecule has 1 aromatic heterocycles. The molecule has 0 radical (unpaired) electrons. The zero-order valence-electron chi connectivity index (χ0n) is 11.6. The van der Waals surface area contributed by atoms with Crippen LogP contribution in [0.5, 0.6) is 0 Å². The first-order valence-corrected chi connectivity index (χ1v) is 7.28. The summed E-state index contributed by atoms with van der Waals surface area (Å²) in [5, 5.41) is 4.16. The van der Waals surface area contributed by atoms with Crippen LogP contribution in [-0.2, 0) is 4.74 Å². The standard InChI is InChI=1S/C13H22N2O2S/c1-5-10(6-2)8-14-12-11(9(4)15-18-12)13(16)17-7-3/h10,14H,5-8H2,1-4H3. The van der Waals surface area contributed by atoms with Crippen molar-refractivity contribution < 1.29 is 9.53 Å². The van der Waals surface area contributed by atoms with Gasteiger partial charge in [-0.25, -0.2) is 4.79 Å². The second kappa shape index (κ2) is 7.36. The lowest BCUT2D eigenvalue weighted by atomic mass is 10.0. The highest BCUT2D eigenvalue weighted by atomic mass is 32.1. The number of nitrogens with zero attached hydrogens (tertiary/aromatic N) is 1. The molecule has 0 saturated heterocycles. The summed E-state index contributed by atoms with van der Waals surface area (Å²) in [6.45, 7) is 9.27. The number of esters is 1. The highest BCUT2D eigenvalue weighted by molar-refractivity contribution is 7.10. The lowest BCUT2D eigenvalue weighted by molar-refractivity contribution is 0.0527. The Morgan fingerprint density at radius 3 is 2.61 bits per heavy atom. The minimum absolute atomic E-state index is 0.282. The van der Waals surface area contributed by atoms with Gasteiger partial charge in [0.1, 0.15) is 10.6 Å². The summed E-state index contributed by atoms with van der Waals surface area (Å²) in [4.78, 5) is 11.8. The fraction of sp³-hybridized carbons (Fsp3) is 0.692. The highest BCUT2D eigenvalue weighted by Gasteiger charge is 2.19. The summed E-state index contributed by atoms with van der Waals surface area (Å²) >= 11 is 1.33. The SMILES string of the molecule is CCOC(=O)c1c(C)nsc1NCC(CC)CC. The Bertz CT molecular complexity index is 386. The molecule has 0 unspecified atom stereocenters. The van der Waals surface area contributed by atoms with Crippen LogP contribution in [-0.4, -0.2) is 23.5 Å². The molecule has 1 aromatic rings. The second-order valence-electron chi connectivity index (χ2n) is 4.26. The molecule has 0 aromatic carbocycles. The van der Waals surface area contributed by atoms with Gasteiger partial charge in [-0.15, -0.1) is 0 Å². The molecule has 0 amide bonds. The van der Waals surface area contributed by atoms with Crippen LogP contribution >= 0.6 is 11.5 Å². The maximum Gasteiger partial charge on any atom is 0.343 e. The van der Waals surface area contributed by atoms with E-state index in [1.807, 2.05) is 13.8 Å². The highest BCUT2D eigenvalue weighted by Crippen LogP contribution is 2.26. The van der Waals surface area contributed by atoms with Crippen molar-refractivity contribution in [1.29, 1.82) is 0 Å². The molecule has 102 valence electrons. The van der Waals surface area contributed by atoms with E-state index in [0.29, 0.717) is 18.1 Å². The molecular formula is C13H22N2O2S. The number of nitrogens with one attached hydrogen (secondary N) is 1. The van der Waals surface area contributed by atoms with Gasteiger partial charge in [-0.1, -0.05) is 26.7 Å². The molecule has 4 nitrogen and oxygen atoms in total. The van der Waals surface area contributed by atoms with Crippen LogP contribution in [0, 0.1) is 12.8 Å². The zero-order chi connectivity index (χ0) is 13.5. The first kappa shape index (κ1) is 15.0. The molecule has 0 saturated carbocycles. The molecule has 1 rings (SSSR count). The lowest BCUT2D eigenvalue weighted by Crippen LogP contribution is -2.15. The predicted molar refractivity (Wildman–Crippen MR) is 75.4 cm³/mol. The van der Waals surface area contributed by atoms with Crippen LogP contribution in [0.3, 0.4) is 0 Å². The zero-order valence-corrected chi connectivity index (χ0v) is 12.4. The van der Waals surface area contributed by atoms with E-state index in [0.717, 1.165) is 30.1 Å². The van der Waals surface area contributed by atoms with Gasteiger partial charge in [-0.05, 0) is 31.3 Å². The summed E-state index contributed by atoms with van der Waals surface area (Å²) in [5.41, 5.74) is 1.33. The maximum absolute atomic E-state index is 11.8. The molecule has 0 aliphatic rings. The van der Waals surface area contributed by atoms with Crippen LogP contribution in [0.15, 0.2) is 0 Å². The summed E-state index contributed by atoms with van der Waals surface area (Å²) in [6.07, 6.45) is 2.27. The molecular weight excluding hydrogens is 248 g/mol. The van der Waals surface area contributed by atoms with Crippen molar-refractivity contribution in [2.24, 2.45) is 5.92 Å². The fourth-order valence-electron chi connectivity index (χ4n) is 1.75. The summed E-state index contributed by atoms with van der Waals surface area (Å²) in [6, 6.07) is 0. The Morgan fingerprint density at radius 2 is 2.06 bits per heavy atom. The number of aromatic nitrogens is 1. The molecule has 0 fully saturated rings. The van der Waals surface area contributed by atoms with Gasteiger partial charge in [0.15, 0.2) is 0 Å². The van der Waals surface area contributed by atoms with Gasteiger partial charge in [-0.2, -0.15) is 4.37 Å². The Kier molecular flexibility index (Phi) is 6.12. The van der Waals surface area contributed by atoms with Gasteiger partial charge in [-0.3, -0.25) is 0 Å². The van der Waals surface area contributed by atoms with E-state index in [-0.39, 0.29) is 5.97 Å². The van der Waals surface area contributed by atoms with Crippen molar-refractivity contribution >= 4 is 22.5 Å². The third kappa shape index (κ3) is 3.70. The Labute approximate surface area is 113 Å². The third-order valence-corrected chi connectivity index (χ3v) is 3.94. The molecule has 0 spiro atoms. The van der Waals surface area contributed by atoms with E-state index in [4.69, 9.17) is 4.74 Å². The van der Waals surface area contributed by atoms with Crippen molar-refractivity contribution in [2.75, 3.05) is 18.5 Å². The number of anilines is 1. The average Bonchev–Trinajstić information content (AvgIpc) is 2.72. The van der Waals surface area contributed by atoms with E-state index in [2.05, 4.69) is 23.5 Å². The molecule has 18 heavy (non-hydrogen) atoms. The average molecular weight is 270 g/mol. The van der Waals surface area contributed by atoms with Gasteiger partial charge >= 0.3 is 5.97 Å². The summed E-state index contributed by atoms with van der Waals surface area (Å²) < 4.78 is 9.28. The van der Waals surface area contributed by atoms with Gasteiger partial charge < -0.3 is 10.1 Å². The van der Waals surface area contributed by atoms with Crippen LogP contribution < -0.4 is 5.32 Å². The fourth-order valence-corrected chi connectivity index (χ4v) is 2.54. The van der Waals surface area contributed by atoms with E-state index >= 15 is 0 Å². The van der Waals surface area contributed by atoms with Crippen LogP contribution in [0.4, 0.5) is 5.00 Å². The monoisotopic (exact) mass is 270 g/mol. The van der Waals surface area contributed by atoms with Crippen molar-refractivity contribution in [3.05, 3.63) is 11.3 Å². The van der Waals surface area contributed by atoms with E-state index in [1.165, 1.54) is 11.5 Å². The molecule has 1 N–H and O–H groups in total. The van der Waals surface area contributed by atoms with E-state index < -0.39 is 0 Å². The van der Waals surface area contributed by atoms with Crippen molar-refractivity contribution in [2.45, 2.75) is 40.5 Å². The molecule has 0 bridgehead atoms. The quantitative estimate of drug-likeness (QED) is 0.771. The minimum atomic E-state index is -0.282. The number of carbonyl (C=O) groups excluding carboxylic acids is 1. The summed E-state index contributed by atoms with van der Waals surface area (Å²) in [7, 11) is 0. The second-order valence-corrected chi connectivity index (χ2v) is 5.03. The first-order chi connectivity index (χ1) is 8.63. The number of rotatable bonds is 7. The van der Waals surface area contributed by atoms with Gasteiger partial charge in [0.2, 0.25) is 0 Å². The van der Waals surface area contributed by atoms with E-state index in [1.54, 1.807) is 0 Å². The Balaban J connectivity index is 2.74. The lowest BCUT2D eigenvalue weighted by Gasteiger charge is -2.13. The Morgan fingerprint density at radius 1 is 1.39 bits per heavy atom. The van der Waals surface area contributed by atoms with Gasteiger partial charge in [0.25, 0.3) is 0 Å². The maximum atomic E-state index is 11.8.